The van der Waals surface area contributed by atoms with E-state index in [4.69, 9.17) is 5.73 Å². The predicted octanol–water partition coefficient (Wildman–Crippen LogP) is 0.863. The molecule has 0 aliphatic rings. The van der Waals surface area contributed by atoms with Crippen LogP contribution in [0.5, 0.6) is 0 Å². The van der Waals surface area contributed by atoms with Crippen molar-refractivity contribution in [2.75, 3.05) is 5.73 Å². The van der Waals surface area contributed by atoms with E-state index in [-0.39, 0.29) is 12.4 Å². The number of halogens is 1. The molecule has 0 bridgehead atoms. The highest BCUT2D eigenvalue weighted by molar-refractivity contribution is 5.85. The third-order valence-corrected chi connectivity index (χ3v) is 1.06. The van der Waals surface area contributed by atoms with Crippen molar-refractivity contribution in [3.63, 3.8) is 0 Å². The van der Waals surface area contributed by atoms with E-state index in [1.807, 2.05) is 13.8 Å². The van der Waals surface area contributed by atoms with Crippen molar-refractivity contribution in [2.45, 2.75) is 19.9 Å². The number of aromatic nitrogens is 3. The summed E-state index contributed by atoms with van der Waals surface area (Å²) in [5.74, 6) is 0.476. The van der Waals surface area contributed by atoms with Crippen molar-refractivity contribution >= 4 is 18.2 Å². The van der Waals surface area contributed by atoms with Gasteiger partial charge in [0.15, 0.2) is 5.82 Å². The van der Waals surface area contributed by atoms with Crippen molar-refractivity contribution in [2.24, 2.45) is 0 Å². The van der Waals surface area contributed by atoms with Crippen molar-refractivity contribution in [1.82, 2.24) is 15.0 Å². The van der Waals surface area contributed by atoms with Gasteiger partial charge < -0.3 is 5.73 Å². The summed E-state index contributed by atoms with van der Waals surface area (Å²) in [4.78, 5) is 0. The van der Waals surface area contributed by atoms with Crippen molar-refractivity contribution < 1.29 is 0 Å². The molecule has 2 N–H and O–H groups in total. The molecule has 0 aromatic carbocycles. The molecule has 0 spiro atoms. The molecule has 1 aromatic heterocycles. The molecule has 0 atom stereocenters. The Hall–Kier alpha value is -0.770. The SMILES string of the molecule is CC(C)n1cc(N)nn1.Cl. The fourth-order valence-electron chi connectivity index (χ4n) is 0.543. The number of hydrogen-bond acceptors (Lipinski definition) is 3. The van der Waals surface area contributed by atoms with Gasteiger partial charge in [-0.25, -0.2) is 4.68 Å². The third-order valence-electron chi connectivity index (χ3n) is 1.06. The number of hydrogen-bond donors (Lipinski definition) is 1. The fourth-order valence-corrected chi connectivity index (χ4v) is 0.543. The van der Waals surface area contributed by atoms with Crippen LogP contribution in [0, 0.1) is 0 Å². The zero-order valence-corrected chi connectivity index (χ0v) is 6.80. The first-order valence-corrected chi connectivity index (χ1v) is 2.87. The molecule has 0 fully saturated rings. The average Bonchev–Trinajstić information content (AvgIpc) is 2.14. The summed E-state index contributed by atoms with van der Waals surface area (Å²) in [5.41, 5.74) is 5.32. The van der Waals surface area contributed by atoms with E-state index in [2.05, 4.69) is 10.3 Å². The van der Waals surface area contributed by atoms with E-state index >= 15 is 0 Å². The van der Waals surface area contributed by atoms with Gasteiger partial charge in [0, 0.05) is 6.04 Å². The summed E-state index contributed by atoms with van der Waals surface area (Å²) in [6.45, 7) is 4.04. The van der Waals surface area contributed by atoms with Crippen LogP contribution >= 0.6 is 12.4 Å². The van der Waals surface area contributed by atoms with Crippen LogP contribution in [0.1, 0.15) is 19.9 Å². The molecule has 0 unspecified atom stereocenters. The van der Waals surface area contributed by atoms with E-state index in [0.29, 0.717) is 11.9 Å². The summed E-state index contributed by atoms with van der Waals surface area (Å²) in [6.07, 6.45) is 1.71. The molecular formula is C5H11ClN4. The minimum absolute atomic E-state index is 0. The summed E-state index contributed by atoms with van der Waals surface area (Å²) in [6, 6.07) is 0.342. The van der Waals surface area contributed by atoms with Gasteiger partial charge in [-0.05, 0) is 13.8 Å². The molecule has 58 valence electrons. The lowest BCUT2D eigenvalue weighted by Gasteiger charge is -2.00. The first-order valence-electron chi connectivity index (χ1n) is 2.87. The van der Waals surface area contributed by atoms with Crippen LogP contribution in [-0.4, -0.2) is 15.0 Å². The largest absolute Gasteiger partial charge is 0.381 e. The van der Waals surface area contributed by atoms with Crippen molar-refractivity contribution in [1.29, 1.82) is 0 Å². The van der Waals surface area contributed by atoms with E-state index in [0.717, 1.165) is 0 Å². The predicted molar refractivity (Wildman–Crippen MR) is 42.1 cm³/mol. The number of anilines is 1. The maximum Gasteiger partial charge on any atom is 0.165 e. The van der Waals surface area contributed by atoms with Gasteiger partial charge in [-0.15, -0.1) is 17.5 Å². The van der Waals surface area contributed by atoms with Gasteiger partial charge in [0.2, 0.25) is 0 Å². The molecule has 5 heteroatoms. The zero-order chi connectivity index (χ0) is 6.85. The Kier molecular flexibility index (Phi) is 3.15. The van der Waals surface area contributed by atoms with E-state index in [9.17, 15) is 0 Å². The lowest BCUT2D eigenvalue weighted by molar-refractivity contribution is 0.514. The molecule has 10 heavy (non-hydrogen) atoms. The summed E-state index contributed by atoms with van der Waals surface area (Å²) < 4.78 is 1.72. The average molecular weight is 163 g/mol. The van der Waals surface area contributed by atoms with Crippen LogP contribution in [0.25, 0.3) is 0 Å². The van der Waals surface area contributed by atoms with Crippen molar-refractivity contribution in [3.8, 4) is 0 Å². The van der Waals surface area contributed by atoms with Gasteiger partial charge >= 0.3 is 0 Å². The Morgan fingerprint density at radius 3 is 2.40 bits per heavy atom. The lowest BCUT2D eigenvalue weighted by Crippen LogP contribution is -2.00. The van der Waals surface area contributed by atoms with Gasteiger partial charge in [0.1, 0.15) is 0 Å². The Balaban J connectivity index is 0.000000810. The number of nitrogen functional groups attached to an aromatic ring is 1. The second kappa shape index (κ2) is 3.41. The molecule has 0 aliphatic carbocycles. The van der Waals surface area contributed by atoms with Crippen LogP contribution in [0.15, 0.2) is 6.20 Å². The van der Waals surface area contributed by atoms with Gasteiger partial charge in [0.05, 0.1) is 6.20 Å². The minimum atomic E-state index is 0. The van der Waals surface area contributed by atoms with Gasteiger partial charge in [-0.3, -0.25) is 0 Å². The topological polar surface area (TPSA) is 56.7 Å². The van der Waals surface area contributed by atoms with E-state index in [1.165, 1.54) is 0 Å². The monoisotopic (exact) mass is 162 g/mol. The Morgan fingerprint density at radius 2 is 2.20 bits per heavy atom. The molecule has 0 amide bonds. The maximum atomic E-state index is 5.32. The molecule has 4 nitrogen and oxygen atoms in total. The summed E-state index contributed by atoms with van der Waals surface area (Å²) in [5, 5.41) is 7.39. The molecule has 0 radical (unpaired) electrons. The smallest absolute Gasteiger partial charge is 0.165 e. The van der Waals surface area contributed by atoms with Crippen LogP contribution < -0.4 is 5.73 Å². The maximum absolute atomic E-state index is 5.32. The molecular weight excluding hydrogens is 152 g/mol. The highest BCUT2D eigenvalue weighted by Gasteiger charge is 1.97. The first-order chi connectivity index (χ1) is 4.20. The molecule has 1 aromatic rings. The minimum Gasteiger partial charge on any atom is -0.381 e. The molecule has 1 heterocycles. The van der Waals surface area contributed by atoms with E-state index in [1.54, 1.807) is 10.9 Å². The van der Waals surface area contributed by atoms with Gasteiger partial charge in [-0.1, -0.05) is 5.21 Å². The standard InChI is InChI=1S/C5H10N4.ClH/c1-4(2)9-3-5(6)7-8-9;/h3-4H,6H2,1-2H3;1H. The van der Waals surface area contributed by atoms with E-state index < -0.39 is 0 Å². The second-order valence-corrected chi connectivity index (χ2v) is 2.22. The zero-order valence-electron chi connectivity index (χ0n) is 5.98. The van der Waals surface area contributed by atoms with Crippen molar-refractivity contribution in [3.05, 3.63) is 6.20 Å². The summed E-state index contributed by atoms with van der Waals surface area (Å²) in [7, 11) is 0. The first kappa shape index (κ1) is 9.23. The summed E-state index contributed by atoms with van der Waals surface area (Å²) >= 11 is 0. The quantitative estimate of drug-likeness (QED) is 0.667. The Labute approximate surface area is 65.8 Å². The number of nitrogens with zero attached hydrogens (tertiary/aromatic N) is 3. The fraction of sp³-hybridized carbons (Fsp3) is 0.600. The Morgan fingerprint density at radius 1 is 1.60 bits per heavy atom. The number of rotatable bonds is 1. The van der Waals surface area contributed by atoms with Crippen LogP contribution in [-0.2, 0) is 0 Å². The highest BCUT2D eigenvalue weighted by atomic mass is 35.5. The third kappa shape index (κ3) is 1.88. The van der Waals surface area contributed by atoms with Crippen LogP contribution in [0.3, 0.4) is 0 Å². The normalized spacial score (nSPS) is 9.50. The van der Waals surface area contributed by atoms with Crippen LogP contribution in [0.4, 0.5) is 5.82 Å². The van der Waals surface area contributed by atoms with Crippen LogP contribution in [0.2, 0.25) is 0 Å². The molecule has 0 aliphatic heterocycles. The Bertz CT molecular complexity index is 195. The molecule has 1 rings (SSSR count). The molecule has 0 saturated carbocycles. The number of nitrogens with two attached hydrogens (primary N) is 1. The molecule has 0 saturated heterocycles. The lowest BCUT2D eigenvalue weighted by atomic mass is 10.4. The highest BCUT2D eigenvalue weighted by Crippen LogP contribution is 2.01. The van der Waals surface area contributed by atoms with Gasteiger partial charge in [-0.2, -0.15) is 0 Å². The van der Waals surface area contributed by atoms with Gasteiger partial charge in [0.25, 0.3) is 0 Å². The second-order valence-electron chi connectivity index (χ2n) is 2.22.